The molecule has 1 atom stereocenters. The van der Waals surface area contributed by atoms with Crippen LogP contribution in [0.5, 0.6) is 0 Å². The summed E-state index contributed by atoms with van der Waals surface area (Å²) in [7, 11) is 0. The topological polar surface area (TPSA) is 15.3 Å². The zero-order valence-corrected chi connectivity index (χ0v) is 11.8. The smallest absolute Gasteiger partial charge is 0.0308 e. The summed E-state index contributed by atoms with van der Waals surface area (Å²) in [6, 6.07) is 0.602. The van der Waals surface area contributed by atoms with Gasteiger partial charge in [0.25, 0.3) is 0 Å². The van der Waals surface area contributed by atoms with E-state index in [-0.39, 0.29) is 0 Å². The molecule has 1 N–H and O–H groups in total. The van der Waals surface area contributed by atoms with Gasteiger partial charge in [-0.2, -0.15) is 0 Å². The Morgan fingerprint density at radius 1 is 1.19 bits per heavy atom. The minimum atomic E-state index is 0.292. The van der Waals surface area contributed by atoms with Crippen LogP contribution in [0.25, 0.3) is 0 Å². The molecule has 2 heteroatoms. The molecule has 0 radical (unpaired) electrons. The van der Waals surface area contributed by atoms with Crippen molar-refractivity contribution in [2.75, 3.05) is 19.6 Å². The molecule has 0 aromatic carbocycles. The van der Waals surface area contributed by atoms with Gasteiger partial charge in [-0.15, -0.1) is 0 Å². The lowest BCUT2D eigenvalue weighted by molar-refractivity contribution is 0.0851. The zero-order chi connectivity index (χ0) is 12.2. The van der Waals surface area contributed by atoms with Crippen molar-refractivity contribution in [1.82, 2.24) is 10.2 Å². The Bertz CT molecular complexity index is 193. The largest absolute Gasteiger partial charge is 0.312 e. The first-order chi connectivity index (χ1) is 7.50. The van der Waals surface area contributed by atoms with Crippen molar-refractivity contribution in [2.45, 2.75) is 65.5 Å². The average Bonchev–Trinajstić information content (AvgIpc) is 2.70. The summed E-state index contributed by atoms with van der Waals surface area (Å²) in [5.74, 6) is 0.696. The van der Waals surface area contributed by atoms with Crippen molar-refractivity contribution >= 4 is 0 Å². The van der Waals surface area contributed by atoms with E-state index in [0.717, 1.165) is 6.54 Å². The van der Waals surface area contributed by atoms with E-state index in [9.17, 15) is 0 Å². The lowest BCUT2D eigenvalue weighted by Gasteiger charge is -2.44. The molecule has 1 unspecified atom stereocenters. The molecule has 16 heavy (non-hydrogen) atoms. The van der Waals surface area contributed by atoms with Gasteiger partial charge in [-0.25, -0.2) is 0 Å². The maximum Gasteiger partial charge on any atom is 0.0308 e. The molecule has 1 saturated heterocycles. The summed E-state index contributed by atoms with van der Waals surface area (Å²) in [6.07, 6.45) is 3.98. The maximum absolute atomic E-state index is 3.74. The number of nitrogens with zero attached hydrogens (tertiary/aromatic N) is 1. The van der Waals surface area contributed by atoms with Crippen LogP contribution < -0.4 is 5.32 Å². The fraction of sp³-hybridized carbons (Fsp3) is 1.00. The summed E-state index contributed by atoms with van der Waals surface area (Å²) < 4.78 is 0. The Kier molecular flexibility index (Phi) is 5.26. The van der Waals surface area contributed by atoms with Crippen molar-refractivity contribution in [3.8, 4) is 0 Å². The van der Waals surface area contributed by atoms with Gasteiger partial charge in [0.05, 0.1) is 0 Å². The molecule has 0 spiro atoms. The van der Waals surface area contributed by atoms with E-state index in [1.54, 1.807) is 0 Å². The summed E-state index contributed by atoms with van der Waals surface area (Å²) in [5.41, 5.74) is 0.292. The van der Waals surface area contributed by atoms with E-state index in [2.05, 4.69) is 44.8 Å². The third kappa shape index (κ3) is 3.21. The van der Waals surface area contributed by atoms with E-state index < -0.39 is 0 Å². The maximum atomic E-state index is 3.74. The van der Waals surface area contributed by atoms with Crippen molar-refractivity contribution in [2.24, 2.45) is 5.92 Å². The first kappa shape index (κ1) is 14.0. The van der Waals surface area contributed by atoms with Crippen LogP contribution in [0.2, 0.25) is 0 Å². The van der Waals surface area contributed by atoms with E-state index in [0.29, 0.717) is 17.5 Å². The molecule has 1 heterocycles. The highest BCUT2D eigenvalue weighted by Crippen LogP contribution is 2.27. The lowest BCUT2D eigenvalue weighted by Crippen LogP contribution is -2.59. The Morgan fingerprint density at radius 3 is 2.19 bits per heavy atom. The van der Waals surface area contributed by atoms with E-state index >= 15 is 0 Å². The SMILES string of the molecule is CCCNC(C(C)C)C(C)(C)N1CCCC1. The molecule has 0 bridgehead atoms. The van der Waals surface area contributed by atoms with Gasteiger partial charge in [-0.3, -0.25) is 4.90 Å². The van der Waals surface area contributed by atoms with Gasteiger partial charge in [-0.1, -0.05) is 20.8 Å². The average molecular weight is 226 g/mol. The molecule has 1 aliphatic rings. The van der Waals surface area contributed by atoms with Gasteiger partial charge in [0.1, 0.15) is 0 Å². The molecule has 0 aliphatic carbocycles. The number of nitrogens with one attached hydrogen (secondary N) is 1. The number of hydrogen-bond acceptors (Lipinski definition) is 2. The summed E-state index contributed by atoms with van der Waals surface area (Å²) in [5, 5.41) is 3.74. The predicted octanol–water partition coefficient (Wildman–Crippen LogP) is 2.89. The fourth-order valence-corrected chi connectivity index (χ4v) is 3.09. The van der Waals surface area contributed by atoms with Gasteiger partial charge < -0.3 is 5.32 Å². The summed E-state index contributed by atoms with van der Waals surface area (Å²) in [6.45, 7) is 15.4. The molecule has 2 nitrogen and oxygen atoms in total. The van der Waals surface area contributed by atoms with Gasteiger partial charge in [-0.05, 0) is 58.7 Å². The highest BCUT2D eigenvalue weighted by atomic mass is 15.2. The summed E-state index contributed by atoms with van der Waals surface area (Å²) in [4.78, 5) is 2.67. The molecule has 0 saturated carbocycles. The monoisotopic (exact) mass is 226 g/mol. The van der Waals surface area contributed by atoms with E-state index in [1.165, 1.54) is 32.4 Å². The molecule has 1 rings (SSSR count). The molecule has 0 aromatic heterocycles. The highest BCUT2D eigenvalue weighted by molar-refractivity contribution is 4.96. The van der Waals surface area contributed by atoms with E-state index in [4.69, 9.17) is 0 Å². The Balaban J connectivity index is 2.65. The second-order valence-electron chi connectivity index (χ2n) is 6.02. The zero-order valence-electron chi connectivity index (χ0n) is 11.8. The molecule has 0 aromatic rings. The quantitative estimate of drug-likeness (QED) is 0.749. The Hall–Kier alpha value is -0.0800. The van der Waals surface area contributed by atoms with Gasteiger partial charge in [0.15, 0.2) is 0 Å². The van der Waals surface area contributed by atoms with Crippen LogP contribution in [-0.2, 0) is 0 Å². The number of hydrogen-bond donors (Lipinski definition) is 1. The van der Waals surface area contributed by atoms with Gasteiger partial charge >= 0.3 is 0 Å². The minimum Gasteiger partial charge on any atom is -0.312 e. The normalized spacial score (nSPS) is 20.6. The lowest BCUT2D eigenvalue weighted by atomic mass is 9.84. The Labute approximate surface area is 102 Å². The van der Waals surface area contributed by atoms with Crippen molar-refractivity contribution in [1.29, 1.82) is 0 Å². The van der Waals surface area contributed by atoms with Crippen LogP contribution in [0.4, 0.5) is 0 Å². The first-order valence-corrected chi connectivity index (χ1v) is 6.98. The van der Waals surface area contributed by atoms with Crippen LogP contribution in [-0.4, -0.2) is 36.1 Å². The molecule has 1 fully saturated rings. The van der Waals surface area contributed by atoms with Crippen LogP contribution in [0, 0.1) is 5.92 Å². The minimum absolute atomic E-state index is 0.292. The fourth-order valence-electron chi connectivity index (χ4n) is 3.09. The molecular formula is C14H30N2. The van der Waals surface area contributed by atoms with Crippen molar-refractivity contribution in [3.63, 3.8) is 0 Å². The van der Waals surface area contributed by atoms with Crippen LogP contribution in [0.15, 0.2) is 0 Å². The van der Waals surface area contributed by atoms with E-state index in [1.807, 2.05) is 0 Å². The second kappa shape index (κ2) is 6.02. The van der Waals surface area contributed by atoms with Gasteiger partial charge in [0, 0.05) is 11.6 Å². The van der Waals surface area contributed by atoms with Crippen LogP contribution in [0.1, 0.15) is 53.9 Å². The molecule has 0 amide bonds. The Morgan fingerprint density at radius 2 is 1.75 bits per heavy atom. The standard InChI is InChI=1S/C14H30N2/c1-6-9-15-13(12(2)3)14(4,5)16-10-7-8-11-16/h12-13,15H,6-11H2,1-5H3. The van der Waals surface area contributed by atoms with Crippen molar-refractivity contribution in [3.05, 3.63) is 0 Å². The second-order valence-corrected chi connectivity index (χ2v) is 6.02. The third-order valence-corrected chi connectivity index (χ3v) is 3.96. The van der Waals surface area contributed by atoms with Gasteiger partial charge in [0.2, 0.25) is 0 Å². The van der Waals surface area contributed by atoms with Crippen LogP contribution in [0.3, 0.4) is 0 Å². The van der Waals surface area contributed by atoms with Crippen LogP contribution >= 0.6 is 0 Å². The number of rotatable bonds is 6. The highest BCUT2D eigenvalue weighted by Gasteiger charge is 2.37. The molecule has 96 valence electrons. The molecule has 1 aliphatic heterocycles. The first-order valence-electron chi connectivity index (χ1n) is 6.98. The third-order valence-electron chi connectivity index (χ3n) is 3.96. The number of likely N-dealkylation sites (tertiary alicyclic amines) is 1. The van der Waals surface area contributed by atoms with Crippen molar-refractivity contribution < 1.29 is 0 Å². The molecular weight excluding hydrogens is 196 g/mol. The summed E-state index contributed by atoms with van der Waals surface area (Å²) >= 11 is 0. The predicted molar refractivity (Wildman–Crippen MR) is 71.8 cm³/mol.